The summed E-state index contributed by atoms with van der Waals surface area (Å²) in [7, 11) is 0. The third kappa shape index (κ3) is 3.10. The zero-order chi connectivity index (χ0) is 20.6. The fourth-order valence-corrected chi connectivity index (χ4v) is 4.20. The highest BCUT2D eigenvalue weighted by Crippen LogP contribution is 2.37. The molecule has 0 unspecified atom stereocenters. The number of rotatable bonds is 3. The summed E-state index contributed by atoms with van der Waals surface area (Å²) in [5.74, 6) is 0. The molecular formula is C29H19NO. The van der Waals surface area contributed by atoms with E-state index in [1.165, 1.54) is 16.7 Å². The molecule has 2 aromatic heterocycles. The van der Waals surface area contributed by atoms with Crippen LogP contribution in [0.2, 0.25) is 0 Å². The Labute approximate surface area is 180 Å². The van der Waals surface area contributed by atoms with Gasteiger partial charge in [-0.05, 0) is 52.6 Å². The number of pyridine rings is 1. The lowest BCUT2D eigenvalue weighted by atomic mass is 10.0. The summed E-state index contributed by atoms with van der Waals surface area (Å²) in [4.78, 5) is 4.66. The Morgan fingerprint density at radius 3 is 1.97 bits per heavy atom. The molecule has 0 aliphatic heterocycles. The largest absolute Gasteiger partial charge is 0.455 e. The molecular weight excluding hydrogens is 378 g/mol. The lowest BCUT2D eigenvalue weighted by Crippen LogP contribution is -1.86. The van der Waals surface area contributed by atoms with Gasteiger partial charge in [0.15, 0.2) is 0 Å². The SMILES string of the molecule is c1ccc(-c2ccnc(-c3cccc4c3oc3ccc(-c5ccccc5)cc34)c2)cc1. The van der Waals surface area contributed by atoms with Crippen molar-refractivity contribution in [1.29, 1.82) is 0 Å². The van der Waals surface area contributed by atoms with Crippen LogP contribution in [0.4, 0.5) is 0 Å². The summed E-state index contributed by atoms with van der Waals surface area (Å²) in [6.07, 6.45) is 1.87. The minimum Gasteiger partial charge on any atom is -0.455 e. The average molecular weight is 397 g/mol. The normalized spacial score (nSPS) is 11.2. The van der Waals surface area contributed by atoms with Crippen LogP contribution in [0.1, 0.15) is 0 Å². The molecule has 146 valence electrons. The summed E-state index contributed by atoms with van der Waals surface area (Å²) in [5.41, 5.74) is 8.39. The number of hydrogen-bond acceptors (Lipinski definition) is 2. The smallest absolute Gasteiger partial charge is 0.144 e. The Balaban J connectivity index is 1.52. The maximum atomic E-state index is 6.33. The van der Waals surface area contributed by atoms with E-state index in [9.17, 15) is 0 Å². The fourth-order valence-electron chi connectivity index (χ4n) is 4.20. The van der Waals surface area contributed by atoms with Crippen LogP contribution in [0.15, 0.2) is 120 Å². The standard InChI is InChI=1S/C29H19NO/c1-3-8-20(9-4-1)22-14-15-28-26(18-22)24-12-7-13-25(29(24)31-28)27-19-23(16-17-30-27)21-10-5-2-6-11-21/h1-19H. The van der Waals surface area contributed by atoms with Crippen LogP contribution in [0, 0.1) is 0 Å². The zero-order valence-electron chi connectivity index (χ0n) is 16.8. The van der Waals surface area contributed by atoms with Crippen LogP contribution in [0.25, 0.3) is 55.4 Å². The van der Waals surface area contributed by atoms with Gasteiger partial charge >= 0.3 is 0 Å². The van der Waals surface area contributed by atoms with Crippen LogP contribution in [0.3, 0.4) is 0 Å². The van der Waals surface area contributed by atoms with Gasteiger partial charge in [0, 0.05) is 22.5 Å². The first-order chi connectivity index (χ1) is 15.4. The quantitative estimate of drug-likeness (QED) is 0.302. The number of aromatic nitrogens is 1. The zero-order valence-corrected chi connectivity index (χ0v) is 16.8. The summed E-state index contributed by atoms with van der Waals surface area (Å²) < 4.78 is 6.33. The van der Waals surface area contributed by atoms with Crippen LogP contribution >= 0.6 is 0 Å². The Bertz CT molecular complexity index is 1510. The van der Waals surface area contributed by atoms with Crippen molar-refractivity contribution in [2.75, 3.05) is 0 Å². The molecule has 0 saturated heterocycles. The minimum atomic E-state index is 0.875. The van der Waals surface area contributed by atoms with E-state index < -0.39 is 0 Å². The van der Waals surface area contributed by atoms with E-state index in [1.54, 1.807) is 0 Å². The summed E-state index contributed by atoms with van der Waals surface area (Å²) >= 11 is 0. The molecule has 2 heterocycles. The molecule has 31 heavy (non-hydrogen) atoms. The van der Waals surface area contributed by atoms with Gasteiger partial charge in [0.05, 0.1) is 5.69 Å². The summed E-state index contributed by atoms with van der Waals surface area (Å²) in [6.45, 7) is 0. The Hall–Kier alpha value is -4.17. The van der Waals surface area contributed by atoms with Crippen molar-refractivity contribution in [2.45, 2.75) is 0 Å². The second-order valence-electron chi connectivity index (χ2n) is 7.66. The molecule has 0 atom stereocenters. The number of nitrogens with zero attached hydrogens (tertiary/aromatic N) is 1. The van der Waals surface area contributed by atoms with Crippen molar-refractivity contribution in [3.05, 3.63) is 115 Å². The van der Waals surface area contributed by atoms with E-state index >= 15 is 0 Å². The van der Waals surface area contributed by atoms with Crippen LogP contribution < -0.4 is 0 Å². The van der Waals surface area contributed by atoms with Crippen molar-refractivity contribution in [1.82, 2.24) is 4.98 Å². The highest BCUT2D eigenvalue weighted by molar-refractivity contribution is 6.10. The topological polar surface area (TPSA) is 26.0 Å². The molecule has 0 radical (unpaired) electrons. The van der Waals surface area contributed by atoms with Gasteiger partial charge < -0.3 is 4.42 Å². The van der Waals surface area contributed by atoms with Crippen molar-refractivity contribution < 1.29 is 4.42 Å². The molecule has 2 nitrogen and oxygen atoms in total. The van der Waals surface area contributed by atoms with Crippen molar-refractivity contribution in [3.63, 3.8) is 0 Å². The Morgan fingerprint density at radius 1 is 0.516 bits per heavy atom. The van der Waals surface area contributed by atoms with Gasteiger partial charge in [-0.2, -0.15) is 0 Å². The molecule has 0 saturated carbocycles. The second kappa shape index (κ2) is 7.26. The predicted octanol–water partition coefficient (Wildman–Crippen LogP) is 7.98. The monoisotopic (exact) mass is 397 g/mol. The van der Waals surface area contributed by atoms with Crippen LogP contribution in [-0.2, 0) is 0 Å². The molecule has 0 N–H and O–H groups in total. The molecule has 0 fully saturated rings. The van der Waals surface area contributed by atoms with E-state index in [0.29, 0.717) is 0 Å². The molecule has 0 aliphatic carbocycles. The minimum absolute atomic E-state index is 0.875. The maximum absolute atomic E-state index is 6.33. The van der Waals surface area contributed by atoms with Gasteiger partial charge in [0.25, 0.3) is 0 Å². The molecule has 2 heteroatoms. The number of para-hydroxylation sites is 1. The van der Waals surface area contributed by atoms with Gasteiger partial charge in [0.2, 0.25) is 0 Å². The van der Waals surface area contributed by atoms with Gasteiger partial charge in [-0.15, -0.1) is 0 Å². The summed E-state index contributed by atoms with van der Waals surface area (Å²) in [5, 5.41) is 2.23. The van der Waals surface area contributed by atoms with Gasteiger partial charge in [0.1, 0.15) is 11.2 Å². The Kier molecular flexibility index (Phi) is 4.14. The van der Waals surface area contributed by atoms with Crippen molar-refractivity contribution in [3.8, 4) is 33.5 Å². The first-order valence-corrected chi connectivity index (χ1v) is 10.4. The van der Waals surface area contributed by atoms with Crippen LogP contribution in [-0.4, -0.2) is 4.98 Å². The lowest BCUT2D eigenvalue weighted by Gasteiger charge is -2.06. The molecule has 0 spiro atoms. The number of benzene rings is 4. The fraction of sp³-hybridized carbons (Fsp3) is 0. The number of hydrogen-bond donors (Lipinski definition) is 0. The highest BCUT2D eigenvalue weighted by atomic mass is 16.3. The van der Waals surface area contributed by atoms with Crippen LogP contribution in [0.5, 0.6) is 0 Å². The van der Waals surface area contributed by atoms with E-state index in [2.05, 4.69) is 96.0 Å². The highest BCUT2D eigenvalue weighted by Gasteiger charge is 2.14. The number of fused-ring (bicyclic) bond motifs is 3. The molecule has 0 amide bonds. The molecule has 4 aromatic carbocycles. The molecule has 0 aliphatic rings. The van der Waals surface area contributed by atoms with Crippen molar-refractivity contribution >= 4 is 21.9 Å². The lowest BCUT2D eigenvalue weighted by molar-refractivity contribution is 0.670. The van der Waals surface area contributed by atoms with E-state index in [0.717, 1.165) is 38.8 Å². The Morgan fingerprint density at radius 2 is 1.23 bits per heavy atom. The van der Waals surface area contributed by atoms with E-state index in [4.69, 9.17) is 4.42 Å². The maximum Gasteiger partial charge on any atom is 0.144 e. The molecule has 6 aromatic rings. The first-order valence-electron chi connectivity index (χ1n) is 10.4. The first kappa shape index (κ1) is 17.7. The molecule has 6 rings (SSSR count). The van der Waals surface area contributed by atoms with Crippen molar-refractivity contribution in [2.24, 2.45) is 0 Å². The van der Waals surface area contributed by atoms with Gasteiger partial charge in [-0.1, -0.05) is 78.9 Å². The second-order valence-corrected chi connectivity index (χ2v) is 7.66. The third-order valence-corrected chi connectivity index (χ3v) is 5.75. The number of furan rings is 1. The molecule has 0 bridgehead atoms. The van der Waals surface area contributed by atoms with Gasteiger partial charge in [-0.3, -0.25) is 4.98 Å². The third-order valence-electron chi connectivity index (χ3n) is 5.75. The van der Waals surface area contributed by atoms with Gasteiger partial charge in [-0.25, -0.2) is 0 Å². The summed E-state index contributed by atoms with van der Waals surface area (Å²) in [6, 6.07) is 37.7. The predicted molar refractivity (Wildman–Crippen MR) is 128 cm³/mol. The average Bonchev–Trinajstić information content (AvgIpc) is 3.23. The van der Waals surface area contributed by atoms with E-state index in [-0.39, 0.29) is 0 Å². The van der Waals surface area contributed by atoms with E-state index in [1.807, 2.05) is 24.4 Å².